The highest BCUT2D eigenvalue weighted by molar-refractivity contribution is 7.99. The zero-order valence-corrected chi connectivity index (χ0v) is 12.3. The number of benzene rings is 1. The molecule has 1 unspecified atom stereocenters. The summed E-state index contributed by atoms with van der Waals surface area (Å²) in [5, 5.41) is 3.53. The molecule has 1 heterocycles. The van der Waals surface area contributed by atoms with Gasteiger partial charge in [-0.2, -0.15) is 11.8 Å². The summed E-state index contributed by atoms with van der Waals surface area (Å²) in [6.45, 7) is 7.91. The van der Waals surface area contributed by atoms with Crippen LogP contribution < -0.4 is 10.2 Å². The second-order valence-corrected chi connectivity index (χ2v) is 6.09. The monoisotopic (exact) mass is 264 g/mol. The minimum Gasteiger partial charge on any atom is -0.370 e. The minimum atomic E-state index is 0.455. The molecule has 18 heavy (non-hydrogen) atoms. The first-order chi connectivity index (χ1) is 8.81. The summed E-state index contributed by atoms with van der Waals surface area (Å²) in [7, 11) is 0. The van der Waals surface area contributed by atoms with E-state index in [0.29, 0.717) is 6.04 Å². The number of hydrogen-bond donors (Lipinski definition) is 1. The molecule has 1 aromatic rings. The molecule has 1 atom stereocenters. The van der Waals surface area contributed by atoms with Crippen LogP contribution in [0.25, 0.3) is 0 Å². The van der Waals surface area contributed by atoms with Crippen molar-refractivity contribution in [1.29, 1.82) is 0 Å². The second-order valence-electron chi connectivity index (χ2n) is 4.87. The lowest BCUT2D eigenvalue weighted by atomic mass is 10.1. The molecule has 1 aliphatic heterocycles. The van der Waals surface area contributed by atoms with Crippen LogP contribution in [0, 0.1) is 0 Å². The van der Waals surface area contributed by atoms with E-state index < -0.39 is 0 Å². The molecule has 2 nitrogen and oxygen atoms in total. The highest BCUT2D eigenvalue weighted by Crippen LogP contribution is 2.22. The van der Waals surface area contributed by atoms with E-state index in [1.54, 1.807) is 0 Å². The van der Waals surface area contributed by atoms with Crippen LogP contribution >= 0.6 is 11.8 Å². The predicted molar refractivity (Wildman–Crippen MR) is 82.7 cm³/mol. The summed E-state index contributed by atoms with van der Waals surface area (Å²) in [6.07, 6.45) is 1.19. The van der Waals surface area contributed by atoms with E-state index in [4.69, 9.17) is 0 Å². The number of nitrogens with zero attached hydrogens (tertiary/aromatic N) is 1. The van der Waals surface area contributed by atoms with E-state index in [1.807, 2.05) is 0 Å². The van der Waals surface area contributed by atoms with Crippen LogP contribution in [0.15, 0.2) is 24.3 Å². The molecular weight excluding hydrogens is 240 g/mol. The predicted octanol–water partition coefficient (Wildman–Crippen LogP) is 3.30. The van der Waals surface area contributed by atoms with Gasteiger partial charge < -0.3 is 10.2 Å². The number of nitrogens with one attached hydrogen (secondary N) is 1. The fraction of sp³-hybridized carbons (Fsp3) is 0.600. The Morgan fingerprint density at radius 2 is 1.89 bits per heavy atom. The van der Waals surface area contributed by atoms with Crippen LogP contribution in [0.1, 0.15) is 31.9 Å². The summed E-state index contributed by atoms with van der Waals surface area (Å²) in [5.41, 5.74) is 2.76. The van der Waals surface area contributed by atoms with Crippen molar-refractivity contribution in [3.05, 3.63) is 29.8 Å². The van der Waals surface area contributed by atoms with Gasteiger partial charge in [-0.3, -0.25) is 0 Å². The van der Waals surface area contributed by atoms with Gasteiger partial charge in [0.15, 0.2) is 0 Å². The van der Waals surface area contributed by atoms with Crippen molar-refractivity contribution < 1.29 is 0 Å². The molecule has 0 radical (unpaired) electrons. The van der Waals surface area contributed by atoms with Crippen molar-refractivity contribution in [2.75, 3.05) is 36.0 Å². The van der Waals surface area contributed by atoms with Crippen LogP contribution in [0.3, 0.4) is 0 Å². The number of hydrogen-bond acceptors (Lipinski definition) is 3. The van der Waals surface area contributed by atoms with Gasteiger partial charge in [-0.15, -0.1) is 0 Å². The van der Waals surface area contributed by atoms with Gasteiger partial charge in [-0.25, -0.2) is 0 Å². The van der Waals surface area contributed by atoms with Crippen molar-refractivity contribution in [2.24, 2.45) is 0 Å². The molecule has 1 fully saturated rings. The Morgan fingerprint density at radius 1 is 1.22 bits per heavy atom. The number of rotatable bonds is 5. The average molecular weight is 264 g/mol. The molecule has 0 amide bonds. The molecule has 0 aliphatic carbocycles. The first-order valence-corrected chi connectivity index (χ1v) is 8.12. The molecule has 0 aromatic heterocycles. The lowest BCUT2D eigenvalue weighted by Gasteiger charge is -2.28. The van der Waals surface area contributed by atoms with E-state index in [2.05, 4.69) is 60.1 Å². The van der Waals surface area contributed by atoms with Gasteiger partial charge in [0, 0.05) is 36.3 Å². The van der Waals surface area contributed by atoms with Crippen molar-refractivity contribution >= 4 is 17.4 Å². The molecule has 1 aromatic carbocycles. The largest absolute Gasteiger partial charge is 0.370 e. The van der Waals surface area contributed by atoms with Crippen LogP contribution in [-0.4, -0.2) is 31.1 Å². The molecule has 1 aliphatic rings. The Hall–Kier alpha value is -0.670. The van der Waals surface area contributed by atoms with Crippen LogP contribution in [-0.2, 0) is 0 Å². The lowest BCUT2D eigenvalue weighted by Crippen LogP contribution is -2.32. The van der Waals surface area contributed by atoms with Gasteiger partial charge in [-0.05, 0) is 37.6 Å². The summed E-state index contributed by atoms with van der Waals surface area (Å²) < 4.78 is 0. The molecule has 100 valence electrons. The molecule has 2 rings (SSSR count). The third-order valence-electron chi connectivity index (χ3n) is 3.47. The van der Waals surface area contributed by atoms with E-state index in [1.165, 1.54) is 42.3 Å². The molecule has 0 saturated carbocycles. The standard InChI is InChI=1S/C15H24N2S/c1-3-8-16-13(2)14-4-6-15(7-5-14)17-9-11-18-12-10-17/h4-7,13,16H,3,8-12H2,1-2H3. The number of thioether (sulfide) groups is 1. The quantitative estimate of drug-likeness (QED) is 0.878. The Labute approximate surface area is 115 Å². The fourth-order valence-corrected chi connectivity index (χ4v) is 3.18. The molecular formula is C15H24N2S. The first kappa shape index (κ1) is 13.8. The highest BCUT2D eigenvalue weighted by atomic mass is 32.2. The summed E-state index contributed by atoms with van der Waals surface area (Å²) in [4.78, 5) is 2.49. The van der Waals surface area contributed by atoms with Gasteiger partial charge >= 0.3 is 0 Å². The van der Waals surface area contributed by atoms with Crippen LogP contribution in [0.4, 0.5) is 5.69 Å². The Bertz CT molecular complexity index is 344. The summed E-state index contributed by atoms with van der Waals surface area (Å²) in [5.74, 6) is 2.52. The SMILES string of the molecule is CCCNC(C)c1ccc(N2CCSCC2)cc1. The Kier molecular flexibility index (Phi) is 5.39. The van der Waals surface area contributed by atoms with Crippen molar-refractivity contribution in [3.63, 3.8) is 0 Å². The van der Waals surface area contributed by atoms with Gasteiger partial charge in [-0.1, -0.05) is 19.1 Å². The highest BCUT2D eigenvalue weighted by Gasteiger charge is 2.11. The summed E-state index contributed by atoms with van der Waals surface area (Å²) >= 11 is 2.06. The van der Waals surface area contributed by atoms with E-state index in [0.717, 1.165) is 6.54 Å². The Morgan fingerprint density at radius 3 is 2.50 bits per heavy atom. The van der Waals surface area contributed by atoms with E-state index in [9.17, 15) is 0 Å². The maximum absolute atomic E-state index is 3.53. The number of anilines is 1. The average Bonchev–Trinajstić information content (AvgIpc) is 2.46. The normalized spacial score (nSPS) is 17.8. The molecule has 1 N–H and O–H groups in total. The van der Waals surface area contributed by atoms with E-state index in [-0.39, 0.29) is 0 Å². The van der Waals surface area contributed by atoms with Crippen molar-refractivity contribution in [3.8, 4) is 0 Å². The van der Waals surface area contributed by atoms with Crippen LogP contribution in [0.2, 0.25) is 0 Å². The van der Waals surface area contributed by atoms with Gasteiger partial charge in [0.1, 0.15) is 0 Å². The topological polar surface area (TPSA) is 15.3 Å². The van der Waals surface area contributed by atoms with E-state index >= 15 is 0 Å². The third kappa shape index (κ3) is 3.66. The summed E-state index contributed by atoms with van der Waals surface area (Å²) in [6, 6.07) is 9.54. The third-order valence-corrected chi connectivity index (χ3v) is 4.41. The second kappa shape index (κ2) is 7.05. The molecule has 0 bridgehead atoms. The first-order valence-electron chi connectivity index (χ1n) is 6.97. The molecule has 1 saturated heterocycles. The van der Waals surface area contributed by atoms with Gasteiger partial charge in [0.25, 0.3) is 0 Å². The van der Waals surface area contributed by atoms with Crippen molar-refractivity contribution in [2.45, 2.75) is 26.3 Å². The zero-order chi connectivity index (χ0) is 12.8. The molecule has 0 spiro atoms. The zero-order valence-electron chi connectivity index (χ0n) is 11.5. The Balaban J connectivity index is 1.95. The maximum atomic E-state index is 3.53. The smallest absolute Gasteiger partial charge is 0.0366 e. The maximum Gasteiger partial charge on any atom is 0.0366 e. The van der Waals surface area contributed by atoms with Crippen LogP contribution in [0.5, 0.6) is 0 Å². The fourth-order valence-electron chi connectivity index (χ4n) is 2.27. The van der Waals surface area contributed by atoms with Gasteiger partial charge in [0.2, 0.25) is 0 Å². The molecule has 3 heteroatoms. The van der Waals surface area contributed by atoms with Crippen molar-refractivity contribution in [1.82, 2.24) is 5.32 Å². The van der Waals surface area contributed by atoms with Gasteiger partial charge in [0.05, 0.1) is 0 Å². The minimum absolute atomic E-state index is 0.455. The lowest BCUT2D eigenvalue weighted by molar-refractivity contribution is 0.570.